The summed E-state index contributed by atoms with van der Waals surface area (Å²) >= 11 is 0.399. The first-order valence-electron chi connectivity index (χ1n) is 7.76. The van der Waals surface area contributed by atoms with Crippen LogP contribution >= 0.6 is 0 Å². The van der Waals surface area contributed by atoms with Crippen LogP contribution in [0.5, 0.6) is 5.75 Å². The van der Waals surface area contributed by atoms with E-state index in [1.54, 1.807) is 24.3 Å². The van der Waals surface area contributed by atoms with Crippen molar-refractivity contribution < 1.29 is 108 Å². The first kappa shape index (κ1) is 28.1. The van der Waals surface area contributed by atoms with E-state index < -0.39 is 24.3 Å². The van der Waals surface area contributed by atoms with Crippen LogP contribution in [0.3, 0.4) is 0 Å². The van der Waals surface area contributed by atoms with Gasteiger partial charge >= 0.3 is 148 Å². The molecule has 0 spiro atoms. The Hall–Kier alpha value is -1.97. The molecule has 1 aliphatic carbocycles. The summed E-state index contributed by atoms with van der Waals surface area (Å²) in [6, 6.07) is 6.63. The molecule has 0 fully saturated rings. The van der Waals surface area contributed by atoms with Crippen LogP contribution in [0.25, 0.3) is 22.6 Å². The van der Waals surface area contributed by atoms with Gasteiger partial charge in [-0.3, -0.25) is 0 Å². The third kappa shape index (κ3) is 7.57. The van der Waals surface area contributed by atoms with Gasteiger partial charge in [0.2, 0.25) is 0 Å². The van der Waals surface area contributed by atoms with Gasteiger partial charge in [-0.2, -0.15) is 26.3 Å². The fourth-order valence-corrected chi connectivity index (χ4v) is 4.72. The average molecular weight is 838 g/mol. The van der Waals surface area contributed by atoms with Crippen molar-refractivity contribution >= 4 is 29.2 Å². The summed E-state index contributed by atoms with van der Waals surface area (Å²) in [7, 11) is 0. The predicted octanol–water partition coefficient (Wildman–Crippen LogP) is -1.06. The second-order valence-corrected chi connectivity index (χ2v) is 11.1. The quantitative estimate of drug-likeness (QED) is 0.172. The second kappa shape index (κ2) is 10.8. The molecule has 16 heteroatoms. The average Bonchev–Trinajstić information content (AvgIpc) is 2.66. The molecule has 0 aromatic heterocycles. The van der Waals surface area contributed by atoms with Gasteiger partial charge < -0.3 is 19.8 Å². The van der Waals surface area contributed by atoms with Crippen LogP contribution in [-0.2, 0) is 61.8 Å². The molecule has 1 heterocycles. The number of benzene rings is 2. The number of carboxylic acids is 2. The van der Waals surface area contributed by atoms with E-state index in [1.165, 1.54) is 0 Å². The SMILES string of the molecule is O=C([O-])C(F)(F)F.O=C([O-])C(F)(F)F.O=c1ccc2nc3ccc(O)[c]([Hg+])c3oc-2[c]1[Hg+]. The van der Waals surface area contributed by atoms with E-state index in [9.17, 15) is 36.2 Å². The van der Waals surface area contributed by atoms with Crippen LogP contribution in [0.15, 0.2) is 33.5 Å². The molecule has 0 atom stereocenters. The molecule has 3 rings (SSSR count). The van der Waals surface area contributed by atoms with Gasteiger partial charge in [0.05, 0.1) is 0 Å². The van der Waals surface area contributed by atoms with E-state index in [-0.39, 0.29) is 63.4 Å². The molecule has 1 aromatic carbocycles. The summed E-state index contributed by atoms with van der Waals surface area (Å²) < 4.78 is 70.5. The molecule has 0 saturated heterocycles. The van der Waals surface area contributed by atoms with Crippen LogP contribution in [0.1, 0.15) is 0 Å². The Morgan fingerprint density at radius 1 is 0.906 bits per heavy atom. The monoisotopic (exact) mass is 841 g/mol. The topological polar surface area (TPSA) is 144 Å². The number of aromatic nitrogens is 1. The van der Waals surface area contributed by atoms with Crippen molar-refractivity contribution in [2.75, 3.05) is 0 Å². The van der Waals surface area contributed by atoms with Gasteiger partial charge in [0.15, 0.2) is 0 Å². The summed E-state index contributed by atoms with van der Waals surface area (Å²) in [5.74, 6) is -5.16. The van der Waals surface area contributed by atoms with E-state index in [0.717, 1.165) is 11.7 Å². The molecule has 32 heavy (non-hydrogen) atoms. The van der Waals surface area contributed by atoms with E-state index >= 15 is 0 Å². The first-order valence-corrected chi connectivity index (χ1v) is 13.3. The minimum absolute atomic E-state index is 0.0238. The molecule has 1 N–H and O–H groups in total. The third-order valence-electron chi connectivity index (χ3n) is 3.32. The summed E-state index contributed by atoms with van der Waals surface area (Å²) in [6.45, 7) is 0. The zero-order chi connectivity index (χ0) is 25.0. The van der Waals surface area contributed by atoms with Gasteiger partial charge in [0.1, 0.15) is 11.9 Å². The molecule has 0 amide bonds. The number of aromatic hydroxyl groups is 1. The molecule has 8 nitrogen and oxygen atoms in total. The molecular formula is C16H5F6Hg2NO7. The molecular weight excluding hydrogens is 833 g/mol. The van der Waals surface area contributed by atoms with Crippen molar-refractivity contribution in [2.45, 2.75) is 12.4 Å². The van der Waals surface area contributed by atoms with Crippen LogP contribution in [0, 0.1) is 0 Å². The van der Waals surface area contributed by atoms with Crippen molar-refractivity contribution in [1.82, 2.24) is 4.98 Å². The zero-order valence-corrected chi connectivity index (χ0v) is 26.3. The molecule has 1 aliphatic heterocycles. The van der Waals surface area contributed by atoms with E-state index in [4.69, 9.17) is 24.2 Å². The summed E-state index contributed by atoms with van der Waals surface area (Å²) in [6.07, 6.45) is -10.4. The van der Waals surface area contributed by atoms with Gasteiger partial charge in [-0.25, -0.2) is 0 Å². The maximum atomic E-state index is 11.6. The number of carboxylic acid groups (broad SMARTS) is 2. The van der Waals surface area contributed by atoms with Gasteiger partial charge in [-0.05, 0) is 0 Å². The second-order valence-electron chi connectivity index (χ2n) is 5.59. The van der Waals surface area contributed by atoms with E-state index in [0.29, 0.717) is 17.0 Å². The zero-order valence-electron chi connectivity index (χ0n) is 15.3. The molecule has 162 valence electrons. The molecule has 0 bridgehead atoms. The molecule has 0 saturated carbocycles. The molecule has 2 aliphatic rings. The van der Waals surface area contributed by atoms with Crippen LogP contribution in [-0.4, -0.2) is 34.4 Å². The Balaban J connectivity index is 0.000000305. The van der Waals surface area contributed by atoms with Crippen molar-refractivity contribution in [2.24, 2.45) is 0 Å². The number of alkyl halides is 6. The van der Waals surface area contributed by atoms with Gasteiger partial charge in [-0.1, -0.05) is 0 Å². The van der Waals surface area contributed by atoms with Gasteiger partial charge in [0.25, 0.3) is 0 Å². The Kier molecular flexibility index (Phi) is 9.44. The Bertz CT molecular complexity index is 1150. The minimum atomic E-state index is -5.19. The standard InChI is InChI=1S/C12H5NO3.2C2HF3O2.2Hg/c14-7-1-3-9-11(5-7)16-12-6-8(15)2-4-10(12)13-9;2*3-2(4,5)1(6)7;;/h1-4,14H;2*(H,6,7);;/q;;;2*+1/p-2. The van der Waals surface area contributed by atoms with Crippen molar-refractivity contribution in [1.29, 1.82) is 0 Å². The summed E-state index contributed by atoms with van der Waals surface area (Å²) in [5, 5.41) is 27.3. The fourth-order valence-electron chi connectivity index (χ4n) is 1.84. The van der Waals surface area contributed by atoms with Crippen LogP contribution in [0.4, 0.5) is 26.3 Å². The molecule has 1 aromatic rings. The Morgan fingerprint density at radius 2 is 1.38 bits per heavy atom. The van der Waals surface area contributed by atoms with Crippen molar-refractivity contribution in [3.05, 3.63) is 34.5 Å². The molecule has 0 unspecified atom stereocenters. The summed E-state index contributed by atoms with van der Waals surface area (Å²) in [5.41, 5.74) is 2.10. The van der Waals surface area contributed by atoms with E-state index in [1.807, 2.05) is 0 Å². The fraction of sp³-hybridized carbons (Fsp3) is 0.125. The number of carbonyl (C=O) groups is 2. The number of aliphatic carboxylic acids is 2. The van der Waals surface area contributed by atoms with E-state index in [2.05, 4.69) is 4.98 Å². The number of nitrogens with zero attached hydrogens (tertiary/aromatic N) is 1. The third-order valence-corrected chi connectivity index (χ3v) is 8.58. The number of phenols is 1. The van der Waals surface area contributed by atoms with Crippen LogP contribution < -0.4 is 21.8 Å². The number of fused-ring (bicyclic) bond motifs is 2. The number of halogens is 6. The number of hydrogen-bond acceptors (Lipinski definition) is 8. The number of rotatable bonds is 0. The normalized spacial score (nSPS) is 11.3. The maximum absolute atomic E-state index is 11.6. The summed E-state index contributed by atoms with van der Waals surface area (Å²) in [4.78, 5) is 33.7. The number of phenolic OH excluding ortho intramolecular Hbond substituents is 1. The number of hydrogen-bond donors (Lipinski definition) is 1. The first-order chi connectivity index (χ1) is 14.5. The predicted molar refractivity (Wildman–Crippen MR) is 80.0 cm³/mol. The van der Waals surface area contributed by atoms with Crippen molar-refractivity contribution in [3.63, 3.8) is 0 Å². The van der Waals surface area contributed by atoms with Gasteiger partial charge in [0, 0.05) is 0 Å². The number of carbonyl (C=O) groups excluding carboxylic acids is 2. The van der Waals surface area contributed by atoms with Gasteiger partial charge in [-0.15, -0.1) is 0 Å². The Morgan fingerprint density at radius 3 is 1.81 bits per heavy atom. The Labute approximate surface area is 205 Å². The van der Waals surface area contributed by atoms with Crippen LogP contribution in [0.2, 0.25) is 0 Å². The molecule has 0 radical (unpaired) electrons. The van der Waals surface area contributed by atoms with Crippen molar-refractivity contribution in [3.8, 4) is 17.2 Å².